The van der Waals surface area contributed by atoms with Gasteiger partial charge in [0.1, 0.15) is 14.0 Å². The van der Waals surface area contributed by atoms with Crippen LogP contribution in [-0.4, -0.2) is 51.5 Å². The molecule has 8 heteroatoms. The minimum atomic E-state index is -2.79. The molecule has 0 bridgehead atoms. The number of halogens is 1. The van der Waals surface area contributed by atoms with Gasteiger partial charge >= 0.3 is 0 Å². The molecule has 1 aliphatic heterocycles. The number of rotatable bonds is 5. The van der Waals surface area contributed by atoms with Gasteiger partial charge in [-0.3, -0.25) is 9.65 Å². The molecule has 17 heavy (non-hydrogen) atoms. The standard InChI is InChI=1S/C9H20BFNO3PS/c1-5(2)14-4-6-8(12-16(3,13)17)7(11)9(10)15-6/h5-9H,4,10H2,1-3H3,(H2,12,13,17). The van der Waals surface area contributed by atoms with E-state index in [0.717, 1.165) is 0 Å². The van der Waals surface area contributed by atoms with Crippen LogP contribution in [0.5, 0.6) is 0 Å². The summed E-state index contributed by atoms with van der Waals surface area (Å²) < 4.78 is 36.4. The lowest BCUT2D eigenvalue weighted by Crippen LogP contribution is -2.42. The van der Waals surface area contributed by atoms with Crippen molar-refractivity contribution < 1.29 is 18.4 Å². The summed E-state index contributed by atoms with van der Waals surface area (Å²) in [6.07, 6.45) is -1.57. The monoisotopic (exact) mass is 283 g/mol. The average molecular weight is 283 g/mol. The fraction of sp³-hybridized carbons (Fsp3) is 1.00. The van der Waals surface area contributed by atoms with E-state index in [1.54, 1.807) is 7.85 Å². The Hall–Kier alpha value is 0.455. The molecule has 1 rings (SSSR count). The Kier molecular flexibility index (Phi) is 5.53. The highest BCUT2D eigenvalue weighted by Gasteiger charge is 2.44. The zero-order chi connectivity index (χ0) is 13.2. The summed E-state index contributed by atoms with van der Waals surface area (Å²) in [5, 5.41) is 2.71. The molecule has 5 atom stereocenters. The highest BCUT2D eigenvalue weighted by Crippen LogP contribution is 2.43. The van der Waals surface area contributed by atoms with Crippen LogP contribution in [0.4, 0.5) is 4.39 Å². The number of hydrogen-bond acceptors (Lipinski definition) is 3. The number of thiol groups is 1. The van der Waals surface area contributed by atoms with E-state index < -0.39 is 30.8 Å². The van der Waals surface area contributed by atoms with Gasteiger partial charge in [0.25, 0.3) is 0 Å². The third kappa shape index (κ3) is 4.91. The lowest BCUT2D eigenvalue weighted by atomic mass is 9.93. The Labute approximate surface area is 108 Å². The number of nitrogens with one attached hydrogen (secondary N) is 1. The molecule has 5 unspecified atom stereocenters. The average Bonchev–Trinajstić information content (AvgIpc) is 2.40. The van der Waals surface area contributed by atoms with Gasteiger partial charge in [-0.2, -0.15) is 0 Å². The van der Waals surface area contributed by atoms with Gasteiger partial charge in [0.2, 0.25) is 0 Å². The van der Waals surface area contributed by atoms with Gasteiger partial charge in [0, 0.05) is 6.66 Å². The fourth-order valence-electron chi connectivity index (χ4n) is 1.79. The summed E-state index contributed by atoms with van der Waals surface area (Å²) >= 11 is 3.93. The first-order valence-corrected chi connectivity index (χ1v) is 9.00. The number of alkyl halides is 1. The second kappa shape index (κ2) is 6.07. The molecule has 0 spiro atoms. The zero-order valence-corrected chi connectivity index (χ0v) is 12.4. The summed E-state index contributed by atoms with van der Waals surface area (Å²) in [7, 11) is 1.66. The molecule has 0 radical (unpaired) electrons. The van der Waals surface area contributed by atoms with Crippen molar-refractivity contribution in [1.82, 2.24) is 5.09 Å². The largest absolute Gasteiger partial charge is 0.377 e. The van der Waals surface area contributed by atoms with Crippen LogP contribution in [0, 0.1) is 0 Å². The molecule has 0 amide bonds. The Morgan fingerprint density at radius 2 is 2.24 bits per heavy atom. The molecular formula is C9H20BFNO3PS. The molecule has 0 aliphatic carbocycles. The molecule has 0 aromatic carbocycles. The molecule has 1 heterocycles. The van der Waals surface area contributed by atoms with E-state index >= 15 is 0 Å². The molecule has 1 fully saturated rings. The lowest BCUT2D eigenvalue weighted by molar-refractivity contribution is -0.0212. The summed E-state index contributed by atoms with van der Waals surface area (Å²) in [5.74, 6) is 0. The number of hydrogen-bond donors (Lipinski definition) is 2. The summed E-state index contributed by atoms with van der Waals surface area (Å²) in [6, 6.07) is -1.15. The van der Waals surface area contributed by atoms with Gasteiger partial charge in [-0.05, 0) is 13.8 Å². The molecule has 1 aliphatic rings. The van der Waals surface area contributed by atoms with Crippen LogP contribution in [0.1, 0.15) is 13.8 Å². The van der Waals surface area contributed by atoms with Crippen molar-refractivity contribution in [3.05, 3.63) is 0 Å². The first-order valence-electron chi connectivity index (χ1n) is 5.70. The van der Waals surface area contributed by atoms with Crippen LogP contribution in [0.3, 0.4) is 0 Å². The summed E-state index contributed by atoms with van der Waals surface area (Å²) in [6.45, 7) is 2.74. The minimum absolute atomic E-state index is 0.0534. The van der Waals surface area contributed by atoms with E-state index in [2.05, 4.69) is 17.3 Å². The van der Waals surface area contributed by atoms with Crippen LogP contribution in [0.2, 0.25) is 0 Å². The Bertz CT molecular complexity index is 304. The van der Waals surface area contributed by atoms with Crippen molar-refractivity contribution in [2.45, 2.75) is 44.3 Å². The van der Waals surface area contributed by atoms with Crippen molar-refractivity contribution in [3.63, 3.8) is 0 Å². The lowest BCUT2D eigenvalue weighted by Gasteiger charge is -2.23. The van der Waals surface area contributed by atoms with Gasteiger partial charge in [0.05, 0.1) is 30.9 Å². The van der Waals surface area contributed by atoms with E-state index in [4.69, 9.17) is 9.47 Å². The van der Waals surface area contributed by atoms with E-state index in [0.29, 0.717) is 0 Å². The summed E-state index contributed by atoms with van der Waals surface area (Å²) in [5.41, 5.74) is 0. The predicted octanol–water partition coefficient (Wildman–Crippen LogP) is 0.818. The third-order valence-electron chi connectivity index (χ3n) is 2.56. The van der Waals surface area contributed by atoms with E-state index in [1.165, 1.54) is 6.66 Å². The maximum Gasteiger partial charge on any atom is 0.195 e. The summed E-state index contributed by atoms with van der Waals surface area (Å²) in [4.78, 5) is 0. The van der Waals surface area contributed by atoms with Crippen molar-refractivity contribution in [3.8, 4) is 0 Å². The van der Waals surface area contributed by atoms with Crippen LogP contribution in [0.15, 0.2) is 0 Å². The second-order valence-corrected chi connectivity index (χ2v) is 9.05. The first kappa shape index (κ1) is 15.5. The Morgan fingerprint density at radius 1 is 1.65 bits per heavy atom. The third-order valence-corrected chi connectivity index (χ3v) is 3.69. The van der Waals surface area contributed by atoms with Gasteiger partial charge in [-0.15, -0.1) is 0 Å². The number of ether oxygens (including phenoxy) is 2. The Balaban J connectivity index is 2.64. The zero-order valence-electron chi connectivity index (χ0n) is 10.6. The SMILES string of the molecule is BC1OC(COC(C)C)C(NP(C)(=O)S)C1F. The second-order valence-electron chi connectivity index (χ2n) is 4.74. The molecule has 100 valence electrons. The van der Waals surface area contributed by atoms with Gasteiger partial charge in [0.15, 0.2) is 6.49 Å². The van der Waals surface area contributed by atoms with Gasteiger partial charge in [-0.1, -0.05) is 12.2 Å². The van der Waals surface area contributed by atoms with Crippen LogP contribution in [0.25, 0.3) is 0 Å². The Morgan fingerprint density at radius 3 is 2.71 bits per heavy atom. The molecule has 0 saturated carbocycles. The van der Waals surface area contributed by atoms with Crippen LogP contribution in [-0.2, 0) is 14.0 Å². The molecule has 0 aromatic rings. The van der Waals surface area contributed by atoms with Crippen molar-refractivity contribution in [2.24, 2.45) is 0 Å². The van der Waals surface area contributed by atoms with Crippen molar-refractivity contribution >= 4 is 26.6 Å². The van der Waals surface area contributed by atoms with Gasteiger partial charge < -0.3 is 9.47 Å². The first-order chi connectivity index (χ1) is 7.70. The van der Waals surface area contributed by atoms with Crippen LogP contribution < -0.4 is 5.09 Å². The van der Waals surface area contributed by atoms with Crippen molar-refractivity contribution in [2.75, 3.05) is 13.3 Å². The molecular weight excluding hydrogens is 263 g/mol. The van der Waals surface area contributed by atoms with Crippen molar-refractivity contribution in [1.29, 1.82) is 0 Å². The highest BCUT2D eigenvalue weighted by molar-refractivity contribution is 8.47. The molecule has 1 N–H and O–H groups in total. The van der Waals surface area contributed by atoms with E-state index in [9.17, 15) is 8.96 Å². The molecule has 4 nitrogen and oxygen atoms in total. The topological polar surface area (TPSA) is 47.6 Å². The quantitative estimate of drug-likeness (QED) is 0.445. The van der Waals surface area contributed by atoms with Crippen LogP contribution >= 0.6 is 18.7 Å². The molecule has 1 saturated heterocycles. The fourth-order valence-corrected chi connectivity index (χ4v) is 3.06. The van der Waals surface area contributed by atoms with Gasteiger partial charge in [-0.25, -0.2) is 4.39 Å². The predicted molar refractivity (Wildman–Crippen MR) is 72.6 cm³/mol. The maximum atomic E-state index is 13.9. The van der Waals surface area contributed by atoms with E-state index in [-0.39, 0.29) is 12.7 Å². The maximum absolute atomic E-state index is 13.9. The normalized spacial score (nSPS) is 37.3. The smallest absolute Gasteiger partial charge is 0.195 e. The molecule has 0 aromatic heterocycles. The minimum Gasteiger partial charge on any atom is -0.377 e. The highest BCUT2D eigenvalue weighted by atomic mass is 32.7. The van der Waals surface area contributed by atoms with E-state index in [1.807, 2.05) is 13.8 Å².